The van der Waals surface area contributed by atoms with E-state index in [1.807, 2.05) is 0 Å². The molecule has 0 amide bonds. The molecule has 1 aromatic carbocycles. The summed E-state index contributed by atoms with van der Waals surface area (Å²) in [4.78, 5) is 2.12. The Labute approximate surface area is 109 Å². The molecule has 110 valence electrons. The Morgan fingerprint density at radius 2 is 1.65 bits per heavy atom. The van der Waals surface area contributed by atoms with Gasteiger partial charge in [-0.3, -0.25) is 0 Å². The number of hydrogen-bond acceptors (Lipinski definition) is 1. The number of rotatable bonds is 2. The van der Waals surface area contributed by atoms with Crippen LogP contribution in [0.5, 0.6) is 0 Å². The van der Waals surface area contributed by atoms with Crippen LogP contribution in [0.15, 0.2) is 18.2 Å². The Balaban J connectivity index is 2.70. The summed E-state index contributed by atoms with van der Waals surface area (Å²) in [5.41, 5.74) is 2.98. The highest BCUT2D eigenvalue weighted by molar-refractivity contribution is 5.85. The molecule has 0 unspecified atom stereocenters. The second-order valence-electron chi connectivity index (χ2n) is 4.27. The molecule has 0 saturated carbocycles. The van der Waals surface area contributed by atoms with Crippen LogP contribution in [0.4, 0.5) is 26.3 Å². The van der Waals surface area contributed by atoms with Crippen molar-refractivity contribution in [3.8, 4) is 0 Å². The highest BCUT2D eigenvalue weighted by Crippen LogP contribution is 2.38. The first-order valence-electron chi connectivity index (χ1n) is 5.63. The van der Waals surface area contributed by atoms with Crippen LogP contribution >= 0.6 is 0 Å². The molecule has 2 rings (SSSR count). The van der Waals surface area contributed by atoms with Crippen LogP contribution in [-0.2, 0) is 18.8 Å². The lowest BCUT2D eigenvalue weighted by atomic mass is 10.0. The van der Waals surface area contributed by atoms with Crippen molar-refractivity contribution in [3.05, 3.63) is 35.0 Å². The number of nitrogens with two attached hydrogens (primary N) is 1. The molecule has 1 aromatic heterocycles. The molecule has 0 saturated heterocycles. The van der Waals surface area contributed by atoms with Crippen LogP contribution in [0.2, 0.25) is 0 Å². The summed E-state index contributed by atoms with van der Waals surface area (Å²) in [6, 6.07) is 2.45. The maximum absolute atomic E-state index is 12.9. The fourth-order valence-electron chi connectivity index (χ4n) is 2.07. The van der Waals surface area contributed by atoms with Crippen LogP contribution in [-0.4, -0.2) is 11.5 Å². The SMILES string of the molecule is NCCc1c(C(F)(F)F)[nH]c2ccc(C(F)(F)F)cc12. The average Bonchev–Trinajstić information content (AvgIpc) is 2.67. The molecule has 20 heavy (non-hydrogen) atoms. The molecule has 0 spiro atoms. The second-order valence-corrected chi connectivity index (χ2v) is 4.27. The topological polar surface area (TPSA) is 41.8 Å². The summed E-state index contributed by atoms with van der Waals surface area (Å²) < 4.78 is 76.4. The van der Waals surface area contributed by atoms with Gasteiger partial charge in [-0.15, -0.1) is 0 Å². The van der Waals surface area contributed by atoms with Crippen molar-refractivity contribution < 1.29 is 26.3 Å². The van der Waals surface area contributed by atoms with Gasteiger partial charge in [0.25, 0.3) is 0 Å². The van der Waals surface area contributed by atoms with Gasteiger partial charge in [-0.05, 0) is 36.7 Å². The zero-order chi connectivity index (χ0) is 15.1. The van der Waals surface area contributed by atoms with Crippen molar-refractivity contribution in [3.63, 3.8) is 0 Å². The second kappa shape index (κ2) is 4.69. The number of aromatic nitrogens is 1. The van der Waals surface area contributed by atoms with Gasteiger partial charge in [0.05, 0.1) is 5.56 Å². The quantitative estimate of drug-likeness (QED) is 0.815. The standard InChI is InChI=1S/C12H10F6N2/c13-11(14,15)6-1-2-9-8(5-6)7(3-4-19)10(20-9)12(16,17)18/h1-2,5,20H,3-4,19H2. The Kier molecular flexibility index (Phi) is 3.45. The largest absolute Gasteiger partial charge is 0.431 e. The van der Waals surface area contributed by atoms with E-state index in [4.69, 9.17) is 5.73 Å². The van der Waals surface area contributed by atoms with Crippen LogP contribution in [0, 0.1) is 0 Å². The lowest BCUT2D eigenvalue weighted by molar-refractivity contribution is -0.141. The zero-order valence-electron chi connectivity index (χ0n) is 9.99. The summed E-state index contributed by atoms with van der Waals surface area (Å²) in [7, 11) is 0. The van der Waals surface area contributed by atoms with E-state index in [-0.39, 0.29) is 29.4 Å². The van der Waals surface area contributed by atoms with Gasteiger partial charge in [0.1, 0.15) is 5.69 Å². The van der Waals surface area contributed by atoms with Gasteiger partial charge < -0.3 is 10.7 Å². The minimum absolute atomic E-state index is 0.00813. The zero-order valence-corrected chi connectivity index (χ0v) is 9.99. The third-order valence-corrected chi connectivity index (χ3v) is 2.91. The van der Waals surface area contributed by atoms with Crippen LogP contribution in [0.25, 0.3) is 10.9 Å². The Morgan fingerprint density at radius 3 is 2.15 bits per heavy atom. The highest BCUT2D eigenvalue weighted by Gasteiger charge is 2.37. The normalized spacial score (nSPS) is 13.2. The molecular weight excluding hydrogens is 286 g/mol. The number of H-pyrrole nitrogens is 1. The minimum Gasteiger partial charge on any atom is -0.351 e. The summed E-state index contributed by atoms with van der Waals surface area (Å²) in [5, 5.41) is -0.0994. The number of halogens is 6. The van der Waals surface area contributed by atoms with E-state index in [0.717, 1.165) is 12.1 Å². The van der Waals surface area contributed by atoms with Crippen molar-refractivity contribution in [2.75, 3.05) is 6.54 Å². The molecular formula is C12H10F6N2. The minimum atomic E-state index is -4.66. The van der Waals surface area contributed by atoms with E-state index in [9.17, 15) is 26.3 Å². The van der Waals surface area contributed by atoms with Gasteiger partial charge in [0.2, 0.25) is 0 Å². The summed E-state index contributed by atoms with van der Waals surface area (Å²) >= 11 is 0. The number of hydrogen-bond donors (Lipinski definition) is 2. The molecule has 0 aliphatic rings. The molecule has 0 radical (unpaired) electrons. The molecule has 0 aliphatic heterocycles. The molecule has 1 heterocycles. The molecule has 0 bridgehead atoms. The number of fused-ring (bicyclic) bond motifs is 1. The Bertz CT molecular complexity index is 623. The lowest BCUT2D eigenvalue weighted by Gasteiger charge is -2.08. The molecule has 8 heteroatoms. The highest BCUT2D eigenvalue weighted by atomic mass is 19.4. The predicted octanol–water partition coefficient (Wildman–Crippen LogP) is 3.71. The summed E-state index contributed by atoms with van der Waals surface area (Å²) in [6.45, 7) is -0.0910. The van der Waals surface area contributed by atoms with E-state index in [0.29, 0.717) is 6.07 Å². The van der Waals surface area contributed by atoms with Crippen molar-refractivity contribution in [1.29, 1.82) is 0 Å². The fraction of sp³-hybridized carbons (Fsp3) is 0.333. The van der Waals surface area contributed by atoms with Crippen LogP contribution in [0.3, 0.4) is 0 Å². The van der Waals surface area contributed by atoms with Gasteiger partial charge in [-0.25, -0.2) is 0 Å². The number of aromatic amines is 1. The average molecular weight is 296 g/mol. The third kappa shape index (κ3) is 2.60. The fourth-order valence-corrected chi connectivity index (χ4v) is 2.07. The van der Waals surface area contributed by atoms with Crippen LogP contribution in [0.1, 0.15) is 16.8 Å². The molecule has 2 nitrogen and oxygen atoms in total. The van der Waals surface area contributed by atoms with Crippen molar-refractivity contribution >= 4 is 10.9 Å². The maximum atomic E-state index is 12.9. The van der Waals surface area contributed by atoms with Crippen molar-refractivity contribution in [2.45, 2.75) is 18.8 Å². The smallest absolute Gasteiger partial charge is 0.351 e. The Hall–Kier alpha value is -1.70. The number of nitrogens with one attached hydrogen (secondary N) is 1. The van der Waals surface area contributed by atoms with E-state index >= 15 is 0 Å². The number of alkyl halides is 6. The number of benzene rings is 1. The van der Waals surface area contributed by atoms with Gasteiger partial charge >= 0.3 is 12.4 Å². The molecule has 3 N–H and O–H groups in total. The van der Waals surface area contributed by atoms with Gasteiger partial charge in [-0.1, -0.05) is 0 Å². The molecule has 0 aliphatic carbocycles. The Morgan fingerprint density at radius 1 is 1.00 bits per heavy atom. The van der Waals surface area contributed by atoms with Crippen LogP contribution < -0.4 is 5.73 Å². The van der Waals surface area contributed by atoms with Crippen molar-refractivity contribution in [1.82, 2.24) is 4.98 Å². The maximum Gasteiger partial charge on any atom is 0.431 e. The van der Waals surface area contributed by atoms with E-state index in [1.165, 1.54) is 0 Å². The predicted molar refractivity (Wildman–Crippen MR) is 61.1 cm³/mol. The monoisotopic (exact) mass is 296 g/mol. The molecule has 2 aromatic rings. The van der Waals surface area contributed by atoms with Crippen molar-refractivity contribution in [2.24, 2.45) is 5.73 Å². The summed E-state index contributed by atoms with van der Waals surface area (Å²) in [5.74, 6) is 0. The van der Waals surface area contributed by atoms with Gasteiger partial charge in [0.15, 0.2) is 0 Å². The first-order valence-corrected chi connectivity index (χ1v) is 5.63. The van der Waals surface area contributed by atoms with E-state index in [2.05, 4.69) is 4.98 Å². The lowest BCUT2D eigenvalue weighted by Crippen LogP contribution is -2.12. The molecule has 0 fully saturated rings. The van der Waals surface area contributed by atoms with E-state index < -0.39 is 23.6 Å². The third-order valence-electron chi connectivity index (χ3n) is 2.91. The van der Waals surface area contributed by atoms with E-state index in [1.54, 1.807) is 0 Å². The van der Waals surface area contributed by atoms with Gasteiger partial charge in [-0.2, -0.15) is 26.3 Å². The molecule has 0 atom stereocenters. The first-order chi connectivity index (χ1) is 9.14. The first kappa shape index (κ1) is 14.7. The van der Waals surface area contributed by atoms with Gasteiger partial charge in [0, 0.05) is 10.9 Å². The summed E-state index contributed by atoms with van der Waals surface area (Å²) in [6.07, 6.45) is -9.43.